The first-order chi connectivity index (χ1) is 13.5. The predicted octanol–water partition coefficient (Wildman–Crippen LogP) is 3.69. The Morgan fingerprint density at radius 1 is 1.14 bits per heavy atom. The Balaban J connectivity index is 1.50. The summed E-state index contributed by atoms with van der Waals surface area (Å²) >= 11 is 0. The van der Waals surface area contributed by atoms with E-state index in [1.165, 1.54) is 0 Å². The molecule has 0 spiro atoms. The number of rotatable bonds is 4. The van der Waals surface area contributed by atoms with Crippen LogP contribution in [0.3, 0.4) is 0 Å². The molecule has 2 aromatic carbocycles. The van der Waals surface area contributed by atoms with Crippen LogP contribution in [0.2, 0.25) is 0 Å². The Morgan fingerprint density at radius 3 is 2.82 bits per heavy atom. The summed E-state index contributed by atoms with van der Waals surface area (Å²) in [5.74, 6) is 0.345. The van der Waals surface area contributed by atoms with Gasteiger partial charge in [-0.3, -0.25) is 14.6 Å². The third-order valence-electron chi connectivity index (χ3n) is 4.77. The second kappa shape index (κ2) is 7.31. The van der Waals surface area contributed by atoms with Crippen LogP contribution in [0, 0.1) is 6.92 Å². The highest BCUT2D eigenvalue weighted by molar-refractivity contribution is 6.02. The van der Waals surface area contributed by atoms with Gasteiger partial charge in [-0.25, -0.2) is 0 Å². The van der Waals surface area contributed by atoms with Crippen molar-refractivity contribution in [1.82, 2.24) is 4.98 Å². The van der Waals surface area contributed by atoms with Crippen molar-refractivity contribution in [3.63, 3.8) is 0 Å². The summed E-state index contributed by atoms with van der Waals surface area (Å²) in [6, 6.07) is 17.0. The molecule has 6 nitrogen and oxygen atoms in total. The zero-order chi connectivity index (χ0) is 19.7. The van der Waals surface area contributed by atoms with E-state index in [4.69, 9.17) is 4.74 Å². The molecule has 0 saturated carbocycles. The van der Waals surface area contributed by atoms with E-state index < -0.39 is 6.10 Å². The molecule has 2 heterocycles. The molecule has 4 rings (SSSR count). The molecule has 1 aliphatic heterocycles. The van der Waals surface area contributed by atoms with Crippen molar-refractivity contribution in [2.24, 2.45) is 0 Å². The molecule has 6 heteroatoms. The maximum Gasteiger partial charge on any atom is 0.267 e. The van der Waals surface area contributed by atoms with Crippen LogP contribution in [0.5, 0.6) is 5.75 Å². The summed E-state index contributed by atoms with van der Waals surface area (Å²) < 4.78 is 5.64. The van der Waals surface area contributed by atoms with Crippen molar-refractivity contribution >= 4 is 34.1 Å². The number of ether oxygens (including phenoxy) is 1. The zero-order valence-electron chi connectivity index (χ0n) is 15.8. The van der Waals surface area contributed by atoms with Crippen LogP contribution in [0.15, 0.2) is 54.6 Å². The molecule has 1 aliphatic rings. The molecule has 1 unspecified atom stereocenters. The summed E-state index contributed by atoms with van der Waals surface area (Å²) in [7, 11) is 0. The lowest BCUT2D eigenvalue weighted by Gasteiger charge is -2.32. The number of amides is 2. The van der Waals surface area contributed by atoms with Gasteiger partial charge in [0.2, 0.25) is 5.91 Å². The summed E-state index contributed by atoms with van der Waals surface area (Å²) in [5.41, 5.74) is 3.02. The second-order valence-electron chi connectivity index (χ2n) is 6.85. The van der Waals surface area contributed by atoms with Crippen LogP contribution >= 0.6 is 0 Å². The Morgan fingerprint density at radius 2 is 1.96 bits per heavy atom. The van der Waals surface area contributed by atoms with Gasteiger partial charge in [-0.1, -0.05) is 30.3 Å². The number of pyridine rings is 1. The van der Waals surface area contributed by atoms with Crippen molar-refractivity contribution in [1.29, 1.82) is 0 Å². The molecular formula is C22H21N3O3. The van der Waals surface area contributed by atoms with Gasteiger partial charge >= 0.3 is 0 Å². The summed E-state index contributed by atoms with van der Waals surface area (Å²) in [5, 5.41) is 3.90. The maximum atomic E-state index is 12.6. The Bertz CT molecular complexity index is 1060. The zero-order valence-corrected chi connectivity index (χ0v) is 15.8. The molecule has 1 atom stereocenters. The molecule has 28 heavy (non-hydrogen) atoms. The van der Waals surface area contributed by atoms with Crippen LogP contribution in [0.25, 0.3) is 10.9 Å². The number of benzene rings is 2. The molecule has 1 aromatic heterocycles. The van der Waals surface area contributed by atoms with Crippen molar-refractivity contribution in [2.75, 3.05) is 16.8 Å². The number of nitrogens with one attached hydrogen (secondary N) is 1. The highest BCUT2D eigenvalue weighted by Gasteiger charge is 2.31. The number of para-hydroxylation sites is 3. The van der Waals surface area contributed by atoms with Crippen LogP contribution in [0.1, 0.15) is 19.0 Å². The third-order valence-corrected chi connectivity index (χ3v) is 4.77. The minimum absolute atomic E-state index is 0.144. The van der Waals surface area contributed by atoms with Gasteiger partial charge in [0, 0.05) is 24.0 Å². The number of nitrogens with zero attached hydrogens (tertiary/aromatic N) is 2. The number of hydrogen-bond donors (Lipinski definition) is 1. The van der Waals surface area contributed by atoms with Gasteiger partial charge in [0.15, 0.2) is 6.10 Å². The van der Waals surface area contributed by atoms with Crippen molar-refractivity contribution < 1.29 is 14.3 Å². The number of carbonyl (C=O) groups is 2. The summed E-state index contributed by atoms with van der Waals surface area (Å²) in [4.78, 5) is 31.3. The van der Waals surface area contributed by atoms with Gasteiger partial charge in [-0.2, -0.15) is 0 Å². The van der Waals surface area contributed by atoms with Gasteiger partial charge in [-0.05, 0) is 38.1 Å². The molecule has 0 saturated heterocycles. The third kappa shape index (κ3) is 3.41. The number of hydrogen-bond acceptors (Lipinski definition) is 4. The largest absolute Gasteiger partial charge is 0.479 e. The standard InChI is InChI=1S/C22H21N3O3/c1-14-10-11-16-6-5-7-17(21(16)23-14)24-20(26)12-13-25-18-8-3-4-9-19(18)28-15(2)22(25)27/h3-11,15H,12-13H2,1-2H3,(H,24,26). The summed E-state index contributed by atoms with van der Waals surface area (Å²) in [6.07, 6.45) is -0.391. The topological polar surface area (TPSA) is 71.5 Å². The Labute approximate surface area is 163 Å². The highest BCUT2D eigenvalue weighted by Crippen LogP contribution is 2.33. The molecule has 1 N–H and O–H groups in total. The van der Waals surface area contributed by atoms with Crippen LogP contribution < -0.4 is 15.0 Å². The van der Waals surface area contributed by atoms with Gasteiger partial charge in [0.1, 0.15) is 5.75 Å². The fraction of sp³-hybridized carbons (Fsp3) is 0.227. The van der Waals surface area contributed by atoms with Crippen molar-refractivity contribution in [3.05, 3.63) is 60.3 Å². The van der Waals surface area contributed by atoms with Gasteiger partial charge < -0.3 is 15.0 Å². The maximum absolute atomic E-state index is 12.6. The van der Waals surface area contributed by atoms with Gasteiger partial charge in [0.05, 0.1) is 16.9 Å². The molecule has 0 bridgehead atoms. The van der Waals surface area contributed by atoms with Crippen molar-refractivity contribution in [3.8, 4) is 5.75 Å². The first-order valence-corrected chi connectivity index (χ1v) is 9.26. The minimum atomic E-state index is -0.566. The fourth-order valence-electron chi connectivity index (χ4n) is 3.36. The number of anilines is 2. The van der Waals surface area contributed by atoms with Crippen LogP contribution in [0.4, 0.5) is 11.4 Å². The van der Waals surface area contributed by atoms with E-state index in [0.29, 0.717) is 17.1 Å². The van der Waals surface area contributed by atoms with E-state index in [-0.39, 0.29) is 24.8 Å². The first-order valence-electron chi connectivity index (χ1n) is 9.26. The molecule has 0 aliphatic carbocycles. The monoisotopic (exact) mass is 375 g/mol. The number of aryl methyl sites for hydroxylation is 1. The van der Waals surface area contributed by atoms with E-state index >= 15 is 0 Å². The molecule has 0 radical (unpaired) electrons. The van der Waals surface area contributed by atoms with E-state index in [1.54, 1.807) is 11.8 Å². The molecule has 0 fully saturated rings. The normalized spacial score (nSPS) is 15.9. The van der Waals surface area contributed by atoms with Crippen molar-refractivity contribution in [2.45, 2.75) is 26.4 Å². The molecule has 3 aromatic rings. The molecular weight excluding hydrogens is 354 g/mol. The fourth-order valence-corrected chi connectivity index (χ4v) is 3.36. The lowest BCUT2D eigenvalue weighted by atomic mass is 10.1. The van der Waals surface area contributed by atoms with Gasteiger partial charge in [0.25, 0.3) is 5.91 Å². The highest BCUT2D eigenvalue weighted by atomic mass is 16.5. The average Bonchev–Trinajstić information content (AvgIpc) is 2.69. The second-order valence-corrected chi connectivity index (χ2v) is 6.85. The number of fused-ring (bicyclic) bond motifs is 2. The lowest BCUT2D eigenvalue weighted by molar-refractivity contribution is -0.125. The van der Waals surface area contributed by atoms with Crippen LogP contribution in [-0.2, 0) is 9.59 Å². The smallest absolute Gasteiger partial charge is 0.267 e. The van der Waals surface area contributed by atoms with E-state index in [0.717, 1.165) is 16.6 Å². The molecule has 142 valence electrons. The van der Waals surface area contributed by atoms with Crippen LogP contribution in [-0.4, -0.2) is 29.4 Å². The molecule has 2 amide bonds. The average molecular weight is 375 g/mol. The minimum Gasteiger partial charge on any atom is -0.479 e. The van der Waals surface area contributed by atoms with E-state index in [9.17, 15) is 9.59 Å². The number of aromatic nitrogens is 1. The first kappa shape index (κ1) is 18.0. The number of carbonyl (C=O) groups excluding carboxylic acids is 2. The van der Waals surface area contributed by atoms with E-state index in [2.05, 4.69) is 10.3 Å². The Hall–Kier alpha value is -3.41. The Kier molecular flexibility index (Phi) is 4.69. The van der Waals surface area contributed by atoms with E-state index in [1.807, 2.05) is 61.5 Å². The SMILES string of the molecule is Cc1ccc2cccc(NC(=O)CCN3C(=O)C(C)Oc4ccccc43)c2n1. The quantitative estimate of drug-likeness (QED) is 0.755. The predicted molar refractivity (Wildman–Crippen MR) is 109 cm³/mol. The van der Waals surface area contributed by atoms with Gasteiger partial charge in [-0.15, -0.1) is 0 Å². The summed E-state index contributed by atoms with van der Waals surface area (Å²) in [6.45, 7) is 3.92. The lowest BCUT2D eigenvalue weighted by Crippen LogP contribution is -2.45.